The van der Waals surface area contributed by atoms with Gasteiger partial charge in [-0.15, -0.1) is 0 Å². The van der Waals surface area contributed by atoms with Gasteiger partial charge in [0.25, 0.3) is 0 Å². The van der Waals surface area contributed by atoms with Crippen LogP contribution in [-0.4, -0.2) is 30.4 Å². The highest BCUT2D eigenvalue weighted by Crippen LogP contribution is 2.04. The summed E-state index contributed by atoms with van der Waals surface area (Å²) in [5.41, 5.74) is 1.18. The Balaban J connectivity index is 2.52. The van der Waals surface area contributed by atoms with Gasteiger partial charge in [0, 0.05) is 13.1 Å². The van der Waals surface area contributed by atoms with E-state index < -0.39 is 0 Å². The first kappa shape index (κ1) is 12.7. The van der Waals surface area contributed by atoms with E-state index in [4.69, 9.17) is 0 Å². The molecule has 0 aliphatic rings. The van der Waals surface area contributed by atoms with Gasteiger partial charge in [-0.3, -0.25) is 4.79 Å². The highest BCUT2D eigenvalue weighted by atomic mass is 16.2. The zero-order valence-corrected chi connectivity index (χ0v) is 10.1. The van der Waals surface area contributed by atoms with Crippen molar-refractivity contribution < 1.29 is 4.79 Å². The molecule has 88 valence electrons. The molecule has 1 aromatic rings. The summed E-state index contributed by atoms with van der Waals surface area (Å²) in [6.07, 6.45) is 0. The molecule has 0 aliphatic heterocycles. The van der Waals surface area contributed by atoms with Crippen molar-refractivity contribution >= 4 is 5.91 Å². The lowest BCUT2D eigenvalue weighted by Crippen LogP contribution is -2.37. The minimum absolute atomic E-state index is 0.160. The molecular weight excluding hydrogens is 200 g/mol. The van der Waals surface area contributed by atoms with Crippen LogP contribution in [0.2, 0.25) is 0 Å². The fraction of sp³-hybridized carbons (Fsp3) is 0.462. The molecule has 1 N–H and O–H groups in total. The highest BCUT2D eigenvalue weighted by Gasteiger charge is 2.10. The highest BCUT2D eigenvalue weighted by molar-refractivity contribution is 5.78. The van der Waals surface area contributed by atoms with Gasteiger partial charge in [-0.25, -0.2) is 0 Å². The maximum Gasteiger partial charge on any atom is 0.236 e. The number of carbonyl (C=O) groups excluding carboxylic acids is 1. The Hall–Kier alpha value is -1.35. The van der Waals surface area contributed by atoms with E-state index in [1.807, 2.05) is 49.1 Å². The Bertz CT molecular complexity index is 311. The zero-order chi connectivity index (χ0) is 11.8. The van der Waals surface area contributed by atoms with Gasteiger partial charge in [-0.2, -0.15) is 0 Å². The van der Waals surface area contributed by atoms with Crippen LogP contribution < -0.4 is 5.32 Å². The van der Waals surface area contributed by atoms with Crippen LogP contribution in [0.4, 0.5) is 0 Å². The van der Waals surface area contributed by atoms with Crippen molar-refractivity contribution in [2.45, 2.75) is 20.4 Å². The second-order valence-corrected chi connectivity index (χ2v) is 3.67. The number of hydrogen-bond donors (Lipinski definition) is 1. The summed E-state index contributed by atoms with van der Waals surface area (Å²) in [7, 11) is 0. The first-order valence-electron chi connectivity index (χ1n) is 5.80. The number of amides is 1. The van der Waals surface area contributed by atoms with Crippen molar-refractivity contribution in [2.75, 3.05) is 19.6 Å². The van der Waals surface area contributed by atoms with Crippen molar-refractivity contribution in [3.8, 4) is 0 Å². The largest absolute Gasteiger partial charge is 0.338 e. The number of hydrogen-bond acceptors (Lipinski definition) is 2. The first-order chi connectivity index (χ1) is 7.77. The topological polar surface area (TPSA) is 32.3 Å². The fourth-order valence-electron chi connectivity index (χ4n) is 1.52. The lowest BCUT2D eigenvalue weighted by atomic mass is 10.2. The van der Waals surface area contributed by atoms with Gasteiger partial charge < -0.3 is 10.2 Å². The van der Waals surface area contributed by atoms with E-state index in [0.717, 1.165) is 13.1 Å². The van der Waals surface area contributed by atoms with Crippen molar-refractivity contribution in [3.05, 3.63) is 35.9 Å². The minimum atomic E-state index is 0.160. The van der Waals surface area contributed by atoms with E-state index in [1.54, 1.807) is 0 Å². The second-order valence-electron chi connectivity index (χ2n) is 3.67. The normalized spacial score (nSPS) is 10.1. The lowest BCUT2D eigenvalue weighted by Gasteiger charge is -2.21. The number of likely N-dealkylation sites (N-methyl/N-ethyl adjacent to an activating group) is 2. The van der Waals surface area contributed by atoms with E-state index in [2.05, 4.69) is 5.32 Å². The molecule has 1 rings (SSSR count). The third-order valence-electron chi connectivity index (χ3n) is 2.48. The van der Waals surface area contributed by atoms with Gasteiger partial charge >= 0.3 is 0 Å². The van der Waals surface area contributed by atoms with Crippen molar-refractivity contribution in [1.82, 2.24) is 10.2 Å². The molecule has 0 saturated carbocycles. The standard InChI is InChI=1S/C13H20N2O/c1-3-14-10-13(16)15(4-2)11-12-8-6-5-7-9-12/h5-9,14H,3-4,10-11H2,1-2H3. The van der Waals surface area contributed by atoms with E-state index in [-0.39, 0.29) is 5.91 Å². The number of nitrogens with one attached hydrogen (secondary N) is 1. The van der Waals surface area contributed by atoms with Crippen LogP contribution in [0, 0.1) is 0 Å². The third-order valence-corrected chi connectivity index (χ3v) is 2.48. The number of carbonyl (C=O) groups is 1. The molecule has 0 spiro atoms. The van der Waals surface area contributed by atoms with Gasteiger partial charge in [0.1, 0.15) is 0 Å². The molecule has 0 aromatic heterocycles. The summed E-state index contributed by atoms with van der Waals surface area (Å²) in [4.78, 5) is 13.7. The molecule has 16 heavy (non-hydrogen) atoms. The van der Waals surface area contributed by atoms with E-state index in [0.29, 0.717) is 13.1 Å². The Kier molecular flexibility index (Phi) is 5.57. The van der Waals surface area contributed by atoms with Gasteiger partial charge in [-0.1, -0.05) is 37.3 Å². The summed E-state index contributed by atoms with van der Waals surface area (Å²) < 4.78 is 0. The summed E-state index contributed by atoms with van der Waals surface area (Å²) in [6, 6.07) is 10.1. The summed E-state index contributed by atoms with van der Waals surface area (Å²) in [5.74, 6) is 0.160. The quantitative estimate of drug-likeness (QED) is 0.790. The molecule has 3 nitrogen and oxygen atoms in total. The van der Waals surface area contributed by atoms with Crippen LogP contribution in [-0.2, 0) is 11.3 Å². The number of rotatable bonds is 6. The molecule has 0 bridgehead atoms. The first-order valence-corrected chi connectivity index (χ1v) is 5.80. The fourth-order valence-corrected chi connectivity index (χ4v) is 1.52. The molecular formula is C13H20N2O. The zero-order valence-electron chi connectivity index (χ0n) is 10.1. The molecule has 0 unspecified atom stereocenters. The van der Waals surface area contributed by atoms with Crippen LogP contribution in [0.3, 0.4) is 0 Å². The van der Waals surface area contributed by atoms with Gasteiger partial charge in [-0.05, 0) is 19.0 Å². The Morgan fingerprint density at radius 2 is 1.94 bits per heavy atom. The lowest BCUT2D eigenvalue weighted by molar-refractivity contribution is -0.130. The molecule has 0 aliphatic carbocycles. The third kappa shape index (κ3) is 4.03. The van der Waals surface area contributed by atoms with Crippen molar-refractivity contribution in [2.24, 2.45) is 0 Å². The van der Waals surface area contributed by atoms with E-state index >= 15 is 0 Å². The SMILES string of the molecule is CCNCC(=O)N(CC)Cc1ccccc1. The predicted octanol–water partition coefficient (Wildman–Crippen LogP) is 1.64. The summed E-state index contributed by atoms with van der Waals surface area (Å²) >= 11 is 0. The average Bonchev–Trinajstić information content (AvgIpc) is 2.34. The van der Waals surface area contributed by atoms with Crippen LogP contribution in [0.15, 0.2) is 30.3 Å². The van der Waals surface area contributed by atoms with Crippen molar-refractivity contribution in [1.29, 1.82) is 0 Å². The average molecular weight is 220 g/mol. The Morgan fingerprint density at radius 1 is 1.25 bits per heavy atom. The van der Waals surface area contributed by atoms with E-state index in [1.165, 1.54) is 5.56 Å². The summed E-state index contributed by atoms with van der Waals surface area (Å²) in [5, 5.41) is 3.06. The monoisotopic (exact) mass is 220 g/mol. The van der Waals surface area contributed by atoms with Gasteiger partial charge in [0.05, 0.1) is 6.54 Å². The second kappa shape index (κ2) is 7.01. The maximum atomic E-state index is 11.8. The molecule has 0 saturated heterocycles. The predicted molar refractivity (Wildman–Crippen MR) is 66.1 cm³/mol. The van der Waals surface area contributed by atoms with Crippen LogP contribution in [0.25, 0.3) is 0 Å². The molecule has 0 heterocycles. The smallest absolute Gasteiger partial charge is 0.236 e. The van der Waals surface area contributed by atoms with Crippen LogP contribution in [0.5, 0.6) is 0 Å². The maximum absolute atomic E-state index is 11.8. The van der Waals surface area contributed by atoms with Crippen LogP contribution >= 0.6 is 0 Å². The van der Waals surface area contributed by atoms with Crippen LogP contribution in [0.1, 0.15) is 19.4 Å². The van der Waals surface area contributed by atoms with E-state index in [9.17, 15) is 4.79 Å². The molecule has 3 heteroatoms. The Labute approximate surface area is 97.5 Å². The number of nitrogens with zero attached hydrogens (tertiary/aromatic N) is 1. The van der Waals surface area contributed by atoms with Gasteiger partial charge in [0.15, 0.2) is 0 Å². The molecule has 1 aromatic carbocycles. The van der Waals surface area contributed by atoms with Crippen molar-refractivity contribution in [3.63, 3.8) is 0 Å². The molecule has 1 amide bonds. The Morgan fingerprint density at radius 3 is 2.50 bits per heavy atom. The molecule has 0 fully saturated rings. The minimum Gasteiger partial charge on any atom is -0.338 e. The number of benzene rings is 1. The summed E-state index contributed by atoms with van der Waals surface area (Å²) in [6.45, 7) is 6.71. The molecule has 0 radical (unpaired) electrons. The van der Waals surface area contributed by atoms with Gasteiger partial charge in [0.2, 0.25) is 5.91 Å². The molecule has 0 atom stereocenters.